The number of urea groups is 1. The number of nitrogens with one attached hydrogen (secondary N) is 2. The van der Waals surface area contributed by atoms with Crippen LogP contribution in [-0.4, -0.2) is 39.0 Å². The lowest BCUT2D eigenvalue weighted by molar-refractivity contribution is -0.119. The lowest BCUT2D eigenvalue weighted by atomic mass is 10.1. The van der Waals surface area contributed by atoms with E-state index in [9.17, 15) is 9.59 Å². The van der Waals surface area contributed by atoms with Gasteiger partial charge in [0.05, 0.1) is 5.25 Å². The van der Waals surface area contributed by atoms with Crippen molar-refractivity contribution in [1.82, 2.24) is 25.4 Å². The maximum atomic E-state index is 12.0. The average molecular weight is 347 g/mol. The van der Waals surface area contributed by atoms with E-state index in [0.29, 0.717) is 11.7 Å². The van der Waals surface area contributed by atoms with E-state index in [0.717, 1.165) is 17.0 Å². The Balaban J connectivity index is 2.22. The number of aryl methyl sites for hydroxylation is 1. The van der Waals surface area contributed by atoms with Crippen LogP contribution in [0.2, 0.25) is 0 Å². The molecular formula is C16H21N5O2S. The fourth-order valence-corrected chi connectivity index (χ4v) is 3.08. The van der Waals surface area contributed by atoms with E-state index in [2.05, 4.69) is 20.8 Å². The molecule has 0 spiro atoms. The van der Waals surface area contributed by atoms with Crippen molar-refractivity contribution in [3.05, 3.63) is 29.8 Å². The summed E-state index contributed by atoms with van der Waals surface area (Å²) in [6, 6.07) is 7.44. The first-order chi connectivity index (χ1) is 11.5. The molecule has 1 aromatic heterocycles. The van der Waals surface area contributed by atoms with E-state index >= 15 is 0 Å². The molecule has 1 heterocycles. The van der Waals surface area contributed by atoms with Crippen LogP contribution in [-0.2, 0) is 11.3 Å². The van der Waals surface area contributed by atoms with Crippen molar-refractivity contribution >= 4 is 23.7 Å². The number of rotatable bonds is 5. The molecule has 0 bridgehead atoms. The average Bonchev–Trinajstić information content (AvgIpc) is 2.97. The molecule has 2 N–H and O–H groups in total. The molecule has 24 heavy (non-hydrogen) atoms. The van der Waals surface area contributed by atoms with Gasteiger partial charge in [-0.1, -0.05) is 36.0 Å². The van der Waals surface area contributed by atoms with Crippen molar-refractivity contribution in [2.45, 2.75) is 37.7 Å². The number of nitrogens with zero attached hydrogens (tertiary/aromatic N) is 3. The number of amides is 3. The number of thioether (sulfide) groups is 1. The van der Waals surface area contributed by atoms with Gasteiger partial charge in [0.2, 0.25) is 5.91 Å². The number of aromatic nitrogens is 3. The molecule has 3 amide bonds. The number of benzene rings is 1. The Kier molecular flexibility index (Phi) is 5.97. The molecule has 0 saturated heterocycles. The Morgan fingerprint density at radius 2 is 2.00 bits per heavy atom. The van der Waals surface area contributed by atoms with E-state index < -0.39 is 11.3 Å². The van der Waals surface area contributed by atoms with Crippen molar-refractivity contribution in [1.29, 1.82) is 0 Å². The zero-order chi connectivity index (χ0) is 17.7. The number of hydrogen-bond donors (Lipinski definition) is 2. The molecule has 7 nitrogen and oxygen atoms in total. The number of carbonyl (C=O) groups excluding carboxylic acids is 2. The minimum Gasteiger partial charge on any atom is -0.341 e. The summed E-state index contributed by atoms with van der Waals surface area (Å²) in [5.41, 5.74) is 2.13. The number of hydrogen-bond acceptors (Lipinski definition) is 5. The van der Waals surface area contributed by atoms with Gasteiger partial charge in [0, 0.05) is 19.2 Å². The van der Waals surface area contributed by atoms with Crippen LogP contribution in [0.5, 0.6) is 0 Å². The molecule has 2 aromatic rings. The fraction of sp³-hybridized carbons (Fsp3) is 0.375. The predicted octanol–water partition coefficient (Wildman–Crippen LogP) is 2.21. The van der Waals surface area contributed by atoms with Crippen LogP contribution in [0.1, 0.15) is 19.4 Å². The standard InChI is InChI=1S/C16H21N5O2S/c1-5-21-13(12-9-7-6-8-10(12)2)19-20-16(21)24-11(3)14(22)18-15(23)17-4/h6-9,11H,5H2,1-4H3,(H2,17,18,22,23). The fourth-order valence-electron chi connectivity index (χ4n) is 2.17. The Morgan fingerprint density at radius 1 is 1.29 bits per heavy atom. The van der Waals surface area contributed by atoms with Crippen molar-refractivity contribution < 1.29 is 9.59 Å². The van der Waals surface area contributed by atoms with Gasteiger partial charge in [0.15, 0.2) is 11.0 Å². The summed E-state index contributed by atoms with van der Waals surface area (Å²) in [6.45, 7) is 6.44. The topological polar surface area (TPSA) is 88.9 Å². The van der Waals surface area contributed by atoms with Crippen LogP contribution in [0.25, 0.3) is 11.4 Å². The van der Waals surface area contributed by atoms with E-state index in [1.807, 2.05) is 42.7 Å². The minimum atomic E-state index is -0.523. The Labute approximate surface area is 145 Å². The van der Waals surface area contributed by atoms with Crippen LogP contribution in [0, 0.1) is 6.92 Å². The maximum absolute atomic E-state index is 12.0. The van der Waals surface area contributed by atoms with Crippen LogP contribution >= 0.6 is 11.8 Å². The highest BCUT2D eigenvalue weighted by Crippen LogP contribution is 2.28. The highest BCUT2D eigenvalue weighted by atomic mass is 32.2. The van der Waals surface area contributed by atoms with Gasteiger partial charge in [0.1, 0.15) is 0 Å². The van der Waals surface area contributed by atoms with Crippen molar-refractivity contribution in [2.75, 3.05) is 7.05 Å². The zero-order valence-corrected chi connectivity index (χ0v) is 15.0. The van der Waals surface area contributed by atoms with E-state index in [1.165, 1.54) is 18.8 Å². The quantitative estimate of drug-likeness (QED) is 0.810. The van der Waals surface area contributed by atoms with Gasteiger partial charge >= 0.3 is 6.03 Å². The highest BCUT2D eigenvalue weighted by molar-refractivity contribution is 8.00. The van der Waals surface area contributed by atoms with Crippen LogP contribution in [0.15, 0.2) is 29.4 Å². The monoisotopic (exact) mass is 347 g/mol. The summed E-state index contributed by atoms with van der Waals surface area (Å²) in [5.74, 6) is 0.402. The first kappa shape index (κ1) is 18.0. The summed E-state index contributed by atoms with van der Waals surface area (Å²) in [4.78, 5) is 23.2. The smallest absolute Gasteiger partial charge is 0.321 e. The molecule has 1 atom stereocenters. The third-order valence-corrected chi connectivity index (χ3v) is 4.61. The van der Waals surface area contributed by atoms with Crippen molar-refractivity contribution in [3.63, 3.8) is 0 Å². The summed E-state index contributed by atoms with van der Waals surface area (Å²) >= 11 is 1.27. The maximum Gasteiger partial charge on any atom is 0.321 e. The molecule has 128 valence electrons. The largest absolute Gasteiger partial charge is 0.341 e. The molecule has 8 heteroatoms. The summed E-state index contributed by atoms with van der Waals surface area (Å²) in [7, 11) is 1.46. The number of carbonyl (C=O) groups is 2. The number of imide groups is 1. The summed E-state index contributed by atoms with van der Waals surface area (Å²) < 4.78 is 1.97. The van der Waals surface area contributed by atoms with Crippen LogP contribution < -0.4 is 10.6 Å². The van der Waals surface area contributed by atoms with Crippen LogP contribution in [0.3, 0.4) is 0 Å². The molecule has 0 saturated carbocycles. The van der Waals surface area contributed by atoms with Crippen molar-refractivity contribution in [2.24, 2.45) is 0 Å². The Morgan fingerprint density at radius 3 is 2.62 bits per heavy atom. The third kappa shape index (κ3) is 3.94. The van der Waals surface area contributed by atoms with Gasteiger partial charge < -0.3 is 9.88 Å². The summed E-state index contributed by atoms with van der Waals surface area (Å²) in [6.07, 6.45) is 0. The van der Waals surface area contributed by atoms with Crippen molar-refractivity contribution in [3.8, 4) is 11.4 Å². The second-order valence-corrected chi connectivity index (χ2v) is 6.50. The molecular weight excluding hydrogens is 326 g/mol. The second-order valence-electron chi connectivity index (χ2n) is 5.19. The molecule has 0 aliphatic carbocycles. The predicted molar refractivity (Wildman–Crippen MR) is 93.8 cm³/mol. The summed E-state index contributed by atoms with van der Waals surface area (Å²) in [5, 5.41) is 13.3. The highest BCUT2D eigenvalue weighted by Gasteiger charge is 2.21. The Bertz CT molecular complexity index is 744. The molecule has 0 aliphatic rings. The van der Waals surface area contributed by atoms with Gasteiger partial charge in [-0.05, 0) is 26.3 Å². The molecule has 0 aliphatic heterocycles. The van der Waals surface area contributed by atoms with E-state index in [1.54, 1.807) is 6.92 Å². The molecule has 0 fully saturated rings. The van der Waals surface area contributed by atoms with E-state index in [4.69, 9.17) is 0 Å². The first-order valence-corrected chi connectivity index (χ1v) is 8.54. The molecule has 1 aromatic carbocycles. The lowest BCUT2D eigenvalue weighted by Gasteiger charge is -2.12. The normalized spacial score (nSPS) is 11.8. The molecule has 1 unspecified atom stereocenters. The van der Waals surface area contributed by atoms with Gasteiger partial charge in [0.25, 0.3) is 0 Å². The van der Waals surface area contributed by atoms with Gasteiger partial charge in [-0.25, -0.2) is 4.79 Å². The Hall–Kier alpha value is -2.35. The second kappa shape index (κ2) is 7.96. The first-order valence-electron chi connectivity index (χ1n) is 7.66. The minimum absolute atomic E-state index is 0.373. The van der Waals surface area contributed by atoms with Crippen LogP contribution in [0.4, 0.5) is 4.79 Å². The SMILES string of the molecule is CCn1c(SC(C)C(=O)NC(=O)NC)nnc1-c1ccccc1C. The van der Waals surface area contributed by atoms with Gasteiger partial charge in [-0.2, -0.15) is 0 Å². The zero-order valence-electron chi connectivity index (χ0n) is 14.2. The van der Waals surface area contributed by atoms with E-state index in [-0.39, 0.29) is 5.91 Å². The molecule has 2 rings (SSSR count). The van der Waals surface area contributed by atoms with Gasteiger partial charge in [-0.15, -0.1) is 10.2 Å². The van der Waals surface area contributed by atoms with Gasteiger partial charge in [-0.3, -0.25) is 10.1 Å². The lowest BCUT2D eigenvalue weighted by Crippen LogP contribution is -2.41. The third-order valence-electron chi connectivity index (χ3n) is 3.53. The molecule has 0 radical (unpaired) electrons.